The van der Waals surface area contributed by atoms with Gasteiger partial charge in [0.2, 0.25) is 0 Å². The summed E-state index contributed by atoms with van der Waals surface area (Å²) in [4.78, 5) is 41.9. The van der Waals surface area contributed by atoms with Gasteiger partial charge in [-0.3, -0.25) is 14.3 Å². The van der Waals surface area contributed by atoms with Crippen LogP contribution in [0.3, 0.4) is 0 Å². The number of fused-ring (bicyclic) bond motifs is 1. The molecule has 0 spiro atoms. The van der Waals surface area contributed by atoms with E-state index in [1.807, 2.05) is 39.0 Å². The van der Waals surface area contributed by atoms with Crippen molar-refractivity contribution in [2.75, 3.05) is 18.4 Å². The highest BCUT2D eigenvalue weighted by Crippen LogP contribution is 2.20. The molecule has 194 valence electrons. The van der Waals surface area contributed by atoms with Gasteiger partial charge in [-0.15, -0.1) is 0 Å². The summed E-state index contributed by atoms with van der Waals surface area (Å²) in [5.74, 6) is -1.25. The molecule has 1 aliphatic rings. The van der Waals surface area contributed by atoms with Crippen molar-refractivity contribution in [2.45, 2.75) is 52.6 Å². The third-order valence-corrected chi connectivity index (χ3v) is 6.42. The number of aryl methyl sites for hydroxylation is 6. The van der Waals surface area contributed by atoms with E-state index in [2.05, 4.69) is 32.1 Å². The highest BCUT2D eigenvalue weighted by atomic mass is 16.4. The van der Waals surface area contributed by atoms with Crippen LogP contribution < -0.4 is 16.0 Å². The minimum atomic E-state index is -1.28. The van der Waals surface area contributed by atoms with E-state index in [-0.39, 0.29) is 6.54 Å². The molecule has 0 saturated heterocycles. The van der Waals surface area contributed by atoms with Crippen molar-refractivity contribution in [1.29, 1.82) is 0 Å². The summed E-state index contributed by atoms with van der Waals surface area (Å²) in [6.07, 6.45) is 5.84. The second-order valence-electron chi connectivity index (χ2n) is 9.43. The van der Waals surface area contributed by atoms with E-state index in [0.717, 1.165) is 47.6 Å². The van der Waals surface area contributed by atoms with E-state index >= 15 is 0 Å². The third-order valence-electron chi connectivity index (χ3n) is 6.42. The van der Waals surface area contributed by atoms with Gasteiger partial charge < -0.3 is 21.1 Å². The number of carbonyl (C=O) groups excluding carboxylic acids is 2. The average molecular weight is 505 g/mol. The number of hydrogen-bond donors (Lipinski definition) is 4. The van der Waals surface area contributed by atoms with Gasteiger partial charge in [0.1, 0.15) is 11.9 Å². The van der Waals surface area contributed by atoms with Gasteiger partial charge in [0.15, 0.2) is 0 Å². The van der Waals surface area contributed by atoms with E-state index in [9.17, 15) is 19.5 Å². The molecule has 0 fully saturated rings. The largest absolute Gasteiger partial charge is 0.480 e. The van der Waals surface area contributed by atoms with Crippen LogP contribution in [0.15, 0.2) is 36.7 Å². The average Bonchev–Trinajstić information content (AvgIpc) is 3.33. The van der Waals surface area contributed by atoms with E-state index < -0.39 is 23.8 Å². The van der Waals surface area contributed by atoms with Gasteiger partial charge in [-0.25, -0.2) is 9.78 Å². The molecule has 0 saturated carbocycles. The predicted octanol–water partition coefficient (Wildman–Crippen LogP) is 2.42. The number of hydrogen-bond acceptors (Lipinski definition) is 6. The molecule has 0 aliphatic carbocycles. The van der Waals surface area contributed by atoms with Crippen molar-refractivity contribution in [3.8, 4) is 0 Å². The van der Waals surface area contributed by atoms with Crippen molar-refractivity contribution in [1.82, 2.24) is 25.4 Å². The van der Waals surface area contributed by atoms with E-state index in [1.165, 1.54) is 11.8 Å². The van der Waals surface area contributed by atoms with Crippen LogP contribution in [0.5, 0.6) is 0 Å². The predicted molar refractivity (Wildman–Crippen MR) is 139 cm³/mol. The van der Waals surface area contributed by atoms with Crippen molar-refractivity contribution in [3.63, 3.8) is 0 Å². The maximum absolute atomic E-state index is 12.8. The molecule has 2 amide bonds. The van der Waals surface area contributed by atoms with Crippen LogP contribution in [-0.4, -0.2) is 56.8 Å². The lowest BCUT2D eigenvalue weighted by molar-refractivity contribution is -0.139. The molecule has 1 unspecified atom stereocenters. The van der Waals surface area contributed by atoms with Crippen molar-refractivity contribution in [3.05, 3.63) is 75.7 Å². The lowest BCUT2D eigenvalue weighted by atomic mass is 9.99. The van der Waals surface area contributed by atoms with Gasteiger partial charge in [0.25, 0.3) is 11.8 Å². The zero-order valence-electron chi connectivity index (χ0n) is 21.3. The summed E-state index contributed by atoms with van der Waals surface area (Å²) >= 11 is 0. The standard InChI is InChI=1S/C27H32N6O4/c1-16-11-17(2)23(18(3)12-16)26(35)32-22(27(36)37)14-29-25(34)20-13-30-33(15-20)10-8-21-7-6-19-5-4-9-28-24(19)31-21/h6-7,11-13,15,22H,4-5,8-10,14H2,1-3H3,(H,28,31)(H,29,34)(H,32,35)(H,36,37). The zero-order chi connectivity index (χ0) is 26.5. The maximum Gasteiger partial charge on any atom is 0.328 e. The van der Waals surface area contributed by atoms with Crippen molar-refractivity contribution >= 4 is 23.6 Å². The Kier molecular flexibility index (Phi) is 7.86. The van der Waals surface area contributed by atoms with Crippen LogP contribution in [0, 0.1) is 20.8 Å². The van der Waals surface area contributed by atoms with Gasteiger partial charge >= 0.3 is 5.97 Å². The molecule has 4 N–H and O–H groups in total. The zero-order valence-corrected chi connectivity index (χ0v) is 21.3. The lowest BCUT2D eigenvalue weighted by Crippen LogP contribution is -2.48. The number of aliphatic carboxylic acids is 1. The molecule has 2 aromatic heterocycles. The molecule has 4 rings (SSSR count). The van der Waals surface area contributed by atoms with Gasteiger partial charge in [-0.05, 0) is 56.4 Å². The molecule has 3 aromatic rings. The summed E-state index contributed by atoms with van der Waals surface area (Å²) in [6.45, 7) is 6.76. The van der Waals surface area contributed by atoms with Crippen LogP contribution >= 0.6 is 0 Å². The molecule has 0 bridgehead atoms. The Hall–Kier alpha value is -4.21. The number of anilines is 1. The molecule has 1 atom stereocenters. The Balaban J connectivity index is 1.32. The summed E-state index contributed by atoms with van der Waals surface area (Å²) in [7, 11) is 0. The Morgan fingerprint density at radius 3 is 2.62 bits per heavy atom. The molecule has 37 heavy (non-hydrogen) atoms. The Morgan fingerprint density at radius 2 is 1.89 bits per heavy atom. The maximum atomic E-state index is 12.8. The van der Waals surface area contributed by atoms with Crippen LogP contribution in [0.1, 0.15) is 55.1 Å². The second-order valence-corrected chi connectivity index (χ2v) is 9.43. The number of carboxylic acids is 1. The first-order valence-electron chi connectivity index (χ1n) is 12.4. The minimum absolute atomic E-state index is 0.263. The van der Waals surface area contributed by atoms with Crippen molar-refractivity contribution < 1.29 is 19.5 Å². The molecule has 10 nitrogen and oxygen atoms in total. The normalized spacial score (nSPS) is 13.3. The highest BCUT2D eigenvalue weighted by molar-refractivity contribution is 5.99. The topological polar surface area (TPSA) is 138 Å². The van der Waals surface area contributed by atoms with E-state index in [0.29, 0.717) is 24.1 Å². The second kappa shape index (κ2) is 11.2. The third kappa shape index (κ3) is 6.32. The minimum Gasteiger partial charge on any atom is -0.480 e. The number of carbonyl (C=O) groups is 3. The van der Waals surface area contributed by atoms with Crippen LogP contribution in [0.2, 0.25) is 0 Å². The van der Waals surface area contributed by atoms with E-state index in [4.69, 9.17) is 0 Å². The van der Waals surface area contributed by atoms with Gasteiger partial charge in [-0.1, -0.05) is 23.8 Å². The highest BCUT2D eigenvalue weighted by Gasteiger charge is 2.24. The fourth-order valence-electron chi connectivity index (χ4n) is 4.61. The first-order valence-corrected chi connectivity index (χ1v) is 12.4. The summed E-state index contributed by atoms with van der Waals surface area (Å²) < 4.78 is 1.66. The fraction of sp³-hybridized carbons (Fsp3) is 0.370. The smallest absolute Gasteiger partial charge is 0.328 e. The number of benzene rings is 1. The fourth-order valence-corrected chi connectivity index (χ4v) is 4.61. The molecular formula is C27H32N6O4. The van der Waals surface area contributed by atoms with E-state index in [1.54, 1.807) is 10.9 Å². The molecule has 0 radical (unpaired) electrons. The molecule has 10 heteroatoms. The number of nitrogens with zero attached hydrogens (tertiary/aromatic N) is 3. The monoisotopic (exact) mass is 504 g/mol. The number of carboxylic acid groups (broad SMARTS) is 1. The SMILES string of the molecule is Cc1cc(C)c(C(=O)NC(CNC(=O)c2cnn(CCc3ccc4c(n3)NCCC4)c2)C(=O)O)c(C)c1. The Labute approximate surface area is 215 Å². The molecule has 3 heterocycles. The van der Waals surface area contributed by atoms with Crippen LogP contribution in [0.25, 0.3) is 0 Å². The van der Waals surface area contributed by atoms with Gasteiger partial charge in [0.05, 0.1) is 11.8 Å². The number of nitrogens with one attached hydrogen (secondary N) is 3. The van der Waals surface area contributed by atoms with Crippen molar-refractivity contribution in [2.24, 2.45) is 0 Å². The lowest BCUT2D eigenvalue weighted by Gasteiger charge is -2.17. The first-order chi connectivity index (χ1) is 17.7. The summed E-state index contributed by atoms with van der Waals surface area (Å²) in [5, 5.41) is 22.3. The van der Waals surface area contributed by atoms with Crippen LogP contribution in [-0.2, 0) is 24.2 Å². The van der Waals surface area contributed by atoms with Gasteiger partial charge in [-0.2, -0.15) is 5.10 Å². The van der Waals surface area contributed by atoms with Crippen LogP contribution in [0.4, 0.5) is 5.82 Å². The number of aromatic nitrogens is 3. The molecule has 1 aliphatic heterocycles. The quantitative estimate of drug-likeness (QED) is 0.351. The number of amides is 2. The summed E-state index contributed by atoms with van der Waals surface area (Å²) in [5.41, 5.74) is 5.45. The summed E-state index contributed by atoms with van der Waals surface area (Å²) in [6, 6.07) is 6.58. The molecule has 1 aromatic carbocycles. The molecular weight excluding hydrogens is 472 g/mol. The van der Waals surface area contributed by atoms with Gasteiger partial charge in [0, 0.05) is 43.5 Å². The Bertz CT molecular complexity index is 1310. The Morgan fingerprint density at radius 1 is 1.14 bits per heavy atom. The number of rotatable bonds is 9. The first kappa shape index (κ1) is 25.9. The number of pyridine rings is 1.